The van der Waals surface area contributed by atoms with Crippen molar-refractivity contribution in [2.45, 2.75) is 52.5 Å². The molecule has 2 aliphatic carbocycles. The van der Waals surface area contributed by atoms with Crippen LogP contribution in [0.3, 0.4) is 0 Å². The summed E-state index contributed by atoms with van der Waals surface area (Å²) < 4.78 is 0. The summed E-state index contributed by atoms with van der Waals surface area (Å²) in [5, 5.41) is 5.79. The van der Waals surface area contributed by atoms with Gasteiger partial charge in [0, 0.05) is 28.9 Å². The summed E-state index contributed by atoms with van der Waals surface area (Å²) in [5.74, 6) is 1.59. The number of hydrogen-bond donors (Lipinski definition) is 2. The van der Waals surface area contributed by atoms with E-state index in [9.17, 15) is 14.4 Å². The molecule has 3 rings (SSSR count). The van der Waals surface area contributed by atoms with Gasteiger partial charge in [-0.2, -0.15) is 0 Å². The van der Waals surface area contributed by atoms with Crippen molar-refractivity contribution in [2.75, 3.05) is 5.32 Å². The topological polar surface area (TPSA) is 75.3 Å². The van der Waals surface area contributed by atoms with Crippen LogP contribution in [0.15, 0.2) is 35.9 Å². The van der Waals surface area contributed by atoms with Crippen LogP contribution in [0.25, 0.3) is 0 Å². The molecule has 2 amide bonds. The zero-order valence-corrected chi connectivity index (χ0v) is 16.2. The molecule has 0 heterocycles. The minimum atomic E-state index is -0.356. The Morgan fingerprint density at radius 3 is 2.33 bits per heavy atom. The van der Waals surface area contributed by atoms with Gasteiger partial charge in [0.1, 0.15) is 0 Å². The minimum Gasteiger partial charge on any atom is -0.350 e. The maximum atomic E-state index is 12.4. The molecular formula is C22H28N2O3. The van der Waals surface area contributed by atoms with Crippen molar-refractivity contribution in [3.63, 3.8) is 0 Å². The van der Waals surface area contributed by atoms with E-state index in [2.05, 4.69) is 17.6 Å². The zero-order chi connectivity index (χ0) is 19.6. The lowest BCUT2D eigenvalue weighted by Gasteiger charge is -2.28. The fourth-order valence-electron chi connectivity index (χ4n) is 4.56. The van der Waals surface area contributed by atoms with Crippen molar-refractivity contribution in [1.29, 1.82) is 0 Å². The van der Waals surface area contributed by atoms with Crippen molar-refractivity contribution in [1.82, 2.24) is 5.32 Å². The van der Waals surface area contributed by atoms with Gasteiger partial charge in [0.2, 0.25) is 11.8 Å². The summed E-state index contributed by atoms with van der Waals surface area (Å²) in [5.41, 5.74) is 1.57. The van der Waals surface area contributed by atoms with Gasteiger partial charge in [-0.05, 0) is 82.1 Å². The van der Waals surface area contributed by atoms with Crippen LogP contribution in [0, 0.1) is 17.8 Å². The number of benzene rings is 1. The van der Waals surface area contributed by atoms with E-state index in [1.165, 1.54) is 38.7 Å². The maximum absolute atomic E-state index is 12.4. The van der Waals surface area contributed by atoms with Crippen LogP contribution in [-0.2, 0) is 9.59 Å². The molecule has 5 nitrogen and oxygen atoms in total. The van der Waals surface area contributed by atoms with Crippen LogP contribution in [0.2, 0.25) is 0 Å². The molecule has 4 atom stereocenters. The lowest BCUT2D eigenvalue weighted by molar-refractivity contribution is -0.119. The number of hydrogen-bond acceptors (Lipinski definition) is 3. The average Bonchev–Trinajstić information content (AvgIpc) is 3.25. The minimum absolute atomic E-state index is 0.0232. The molecule has 0 aliphatic heterocycles. The fraction of sp³-hybridized carbons (Fsp3) is 0.500. The highest BCUT2D eigenvalue weighted by Gasteiger charge is 2.42. The molecule has 0 saturated heterocycles. The Balaban J connectivity index is 1.53. The third-order valence-electron chi connectivity index (χ3n) is 6.06. The summed E-state index contributed by atoms with van der Waals surface area (Å²) in [6, 6.07) is 6.82. The van der Waals surface area contributed by atoms with E-state index in [0.717, 1.165) is 11.8 Å². The highest BCUT2D eigenvalue weighted by molar-refractivity contribution is 6.06. The van der Waals surface area contributed by atoms with Gasteiger partial charge in [0.05, 0.1) is 0 Å². The van der Waals surface area contributed by atoms with E-state index in [0.29, 0.717) is 22.7 Å². The Bertz CT molecular complexity index is 766. The van der Waals surface area contributed by atoms with E-state index in [4.69, 9.17) is 0 Å². The molecule has 0 aromatic heterocycles. The molecule has 2 N–H and O–H groups in total. The van der Waals surface area contributed by atoms with Crippen molar-refractivity contribution in [3.8, 4) is 0 Å². The molecule has 1 aromatic carbocycles. The van der Waals surface area contributed by atoms with Crippen LogP contribution in [0.4, 0.5) is 5.69 Å². The zero-order valence-electron chi connectivity index (χ0n) is 16.2. The SMILES string of the molecule is CC(=O)c1ccc(NC(=O)/C=C(\C)C(=O)NC(C)C2CC3CCC2C3)cc1. The van der Waals surface area contributed by atoms with E-state index >= 15 is 0 Å². The van der Waals surface area contributed by atoms with Crippen LogP contribution in [-0.4, -0.2) is 23.6 Å². The van der Waals surface area contributed by atoms with E-state index in [1.807, 2.05) is 0 Å². The Morgan fingerprint density at radius 1 is 1.07 bits per heavy atom. The fourth-order valence-corrected chi connectivity index (χ4v) is 4.56. The number of anilines is 1. The summed E-state index contributed by atoms with van der Waals surface area (Å²) in [6.45, 7) is 5.23. The number of ketones is 1. The largest absolute Gasteiger partial charge is 0.350 e. The van der Waals surface area contributed by atoms with Crippen LogP contribution in [0.1, 0.15) is 56.8 Å². The number of amides is 2. The van der Waals surface area contributed by atoms with E-state index in [1.54, 1.807) is 31.2 Å². The molecule has 1 aromatic rings. The van der Waals surface area contributed by atoms with E-state index < -0.39 is 0 Å². The number of nitrogens with one attached hydrogen (secondary N) is 2. The first-order valence-electron chi connectivity index (χ1n) is 9.74. The second-order valence-corrected chi connectivity index (χ2v) is 8.05. The molecule has 5 heteroatoms. The Labute approximate surface area is 160 Å². The highest BCUT2D eigenvalue weighted by Crippen LogP contribution is 2.49. The quantitative estimate of drug-likeness (QED) is 0.594. The van der Waals surface area contributed by atoms with Gasteiger partial charge in [-0.25, -0.2) is 0 Å². The number of fused-ring (bicyclic) bond motifs is 2. The molecule has 27 heavy (non-hydrogen) atoms. The molecular weight excluding hydrogens is 340 g/mol. The Kier molecular flexibility index (Phi) is 5.78. The molecule has 2 bridgehead atoms. The van der Waals surface area contributed by atoms with Gasteiger partial charge < -0.3 is 10.6 Å². The Morgan fingerprint density at radius 2 is 1.78 bits per heavy atom. The van der Waals surface area contributed by atoms with Crippen molar-refractivity contribution >= 4 is 23.3 Å². The predicted octanol–water partition coefficient (Wildman–Crippen LogP) is 3.71. The first-order valence-corrected chi connectivity index (χ1v) is 9.74. The van der Waals surface area contributed by atoms with Crippen molar-refractivity contribution < 1.29 is 14.4 Å². The second-order valence-electron chi connectivity index (χ2n) is 8.05. The lowest BCUT2D eigenvalue weighted by atomic mass is 9.84. The van der Waals surface area contributed by atoms with Gasteiger partial charge in [-0.1, -0.05) is 6.42 Å². The first kappa shape index (κ1) is 19.3. The molecule has 144 valence electrons. The van der Waals surface area contributed by atoms with Gasteiger partial charge in [0.15, 0.2) is 5.78 Å². The summed E-state index contributed by atoms with van der Waals surface area (Å²) in [7, 11) is 0. The lowest BCUT2D eigenvalue weighted by Crippen LogP contribution is -2.40. The smallest absolute Gasteiger partial charge is 0.248 e. The molecule has 4 unspecified atom stereocenters. The molecule has 0 radical (unpaired) electrons. The van der Waals surface area contributed by atoms with Gasteiger partial charge >= 0.3 is 0 Å². The van der Waals surface area contributed by atoms with Crippen LogP contribution >= 0.6 is 0 Å². The van der Waals surface area contributed by atoms with Crippen LogP contribution < -0.4 is 10.6 Å². The third-order valence-corrected chi connectivity index (χ3v) is 6.06. The molecule has 2 saturated carbocycles. The van der Waals surface area contributed by atoms with Crippen molar-refractivity contribution in [2.24, 2.45) is 17.8 Å². The average molecular weight is 368 g/mol. The number of carbonyl (C=O) groups is 3. The predicted molar refractivity (Wildman–Crippen MR) is 105 cm³/mol. The monoisotopic (exact) mass is 368 g/mol. The summed E-state index contributed by atoms with van der Waals surface area (Å²) in [4.78, 5) is 35.9. The van der Waals surface area contributed by atoms with E-state index in [-0.39, 0.29) is 23.6 Å². The van der Waals surface area contributed by atoms with Crippen molar-refractivity contribution in [3.05, 3.63) is 41.5 Å². The van der Waals surface area contributed by atoms with Crippen LogP contribution in [0.5, 0.6) is 0 Å². The van der Waals surface area contributed by atoms with Gasteiger partial charge in [0.25, 0.3) is 0 Å². The number of rotatable bonds is 6. The molecule has 2 fully saturated rings. The third kappa shape index (κ3) is 4.65. The Hall–Kier alpha value is -2.43. The highest BCUT2D eigenvalue weighted by atomic mass is 16.2. The molecule has 0 spiro atoms. The number of carbonyl (C=O) groups excluding carboxylic acids is 3. The maximum Gasteiger partial charge on any atom is 0.248 e. The normalized spacial score (nSPS) is 25.1. The summed E-state index contributed by atoms with van der Waals surface area (Å²) >= 11 is 0. The molecule has 2 aliphatic rings. The van der Waals surface area contributed by atoms with Gasteiger partial charge in [-0.15, -0.1) is 0 Å². The number of Topliss-reactive ketones (excluding diaryl/α,β-unsaturated/α-hetero) is 1. The second kappa shape index (κ2) is 8.07. The first-order chi connectivity index (χ1) is 12.8. The van der Waals surface area contributed by atoms with Gasteiger partial charge in [-0.3, -0.25) is 14.4 Å². The standard InChI is InChI=1S/C22H28N2O3/c1-13(10-21(26)24-19-8-6-17(7-9-19)15(3)25)22(27)23-14(2)20-12-16-4-5-18(20)11-16/h6-10,14,16,18,20H,4-5,11-12H2,1-3H3,(H,23,27)(H,24,26)/b13-10+. The summed E-state index contributed by atoms with van der Waals surface area (Å²) in [6.07, 6.45) is 6.47.